The second kappa shape index (κ2) is 9.96. The number of anilines is 1. The number of ether oxygens (including phenoxy) is 1. The summed E-state index contributed by atoms with van der Waals surface area (Å²) in [7, 11) is 0. The zero-order chi connectivity index (χ0) is 24.0. The lowest BCUT2D eigenvalue weighted by Crippen LogP contribution is -2.12. The summed E-state index contributed by atoms with van der Waals surface area (Å²) in [6.07, 6.45) is 7.69. The van der Waals surface area contributed by atoms with E-state index in [0.29, 0.717) is 46.5 Å². The maximum Gasteiger partial charge on any atom is 0.255 e. The van der Waals surface area contributed by atoms with Gasteiger partial charge in [0.2, 0.25) is 5.88 Å². The standard InChI is InChI=1S/C27H22N6O2/c1-2-24-29-18-30-25(32-24)23-12-7-13-28-27(23)35-22-11-6-9-20(17-22)31-26(34)19-8-5-10-21(16-19)33-14-3-4-15-33/h3-18H,2H2,1H3,(H,31,34). The van der Waals surface area contributed by atoms with E-state index >= 15 is 0 Å². The van der Waals surface area contributed by atoms with Crippen molar-refractivity contribution >= 4 is 11.6 Å². The Balaban J connectivity index is 1.35. The van der Waals surface area contributed by atoms with Crippen molar-refractivity contribution in [3.63, 3.8) is 0 Å². The van der Waals surface area contributed by atoms with Gasteiger partial charge in [-0.1, -0.05) is 19.1 Å². The third kappa shape index (κ3) is 5.06. The predicted octanol–water partition coefficient (Wildman–Crippen LogP) is 5.33. The molecule has 5 aromatic rings. The number of aryl methyl sites for hydroxylation is 1. The van der Waals surface area contributed by atoms with Crippen LogP contribution in [-0.2, 0) is 6.42 Å². The van der Waals surface area contributed by atoms with Gasteiger partial charge < -0.3 is 14.6 Å². The van der Waals surface area contributed by atoms with Gasteiger partial charge in [0, 0.05) is 48.0 Å². The SMILES string of the molecule is CCc1ncnc(-c2cccnc2Oc2cccc(NC(=O)c3cccc(-n4cccc4)c3)c2)n1. The van der Waals surface area contributed by atoms with Crippen molar-refractivity contribution in [2.75, 3.05) is 5.32 Å². The van der Waals surface area contributed by atoms with Crippen LogP contribution in [0, 0.1) is 0 Å². The molecule has 1 amide bonds. The highest BCUT2D eigenvalue weighted by molar-refractivity contribution is 6.04. The third-order valence-electron chi connectivity index (χ3n) is 5.27. The molecule has 0 unspecified atom stereocenters. The Hall–Kier alpha value is -4.85. The molecule has 0 fully saturated rings. The molecule has 0 atom stereocenters. The molecule has 5 rings (SSSR count). The molecule has 0 saturated carbocycles. The number of aromatic nitrogens is 5. The summed E-state index contributed by atoms with van der Waals surface area (Å²) in [6.45, 7) is 1.98. The number of amides is 1. The Labute approximate surface area is 202 Å². The van der Waals surface area contributed by atoms with Gasteiger partial charge in [0.25, 0.3) is 5.91 Å². The highest BCUT2D eigenvalue weighted by atomic mass is 16.5. The van der Waals surface area contributed by atoms with Gasteiger partial charge in [0.1, 0.15) is 17.9 Å². The van der Waals surface area contributed by atoms with E-state index in [2.05, 4.69) is 25.3 Å². The molecule has 0 saturated heterocycles. The summed E-state index contributed by atoms with van der Waals surface area (Å²) in [5, 5.41) is 2.94. The second-order valence-electron chi connectivity index (χ2n) is 7.66. The Kier molecular flexibility index (Phi) is 6.25. The molecule has 3 heterocycles. The van der Waals surface area contributed by atoms with Crippen LogP contribution in [0.4, 0.5) is 5.69 Å². The summed E-state index contributed by atoms with van der Waals surface area (Å²) >= 11 is 0. The topological polar surface area (TPSA) is 94.8 Å². The maximum absolute atomic E-state index is 12.9. The Morgan fingerprint density at radius 3 is 2.66 bits per heavy atom. The van der Waals surface area contributed by atoms with Crippen LogP contribution in [0.15, 0.2) is 97.7 Å². The Bertz CT molecular complexity index is 1470. The molecular formula is C27H22N6O2. The van der Waals surface area contributed by atoms with Crippen LogP contribution >= 0.6 is 0 Å². The minimum absolute atomic E-state index is 0.216. The molecule has 8 nitrogen and oxygen atoms in total. The molecule has 1 N–H and O–H groups in total. The summed E-state index contributed by atoms with van der Waals surface area (Å²) in [5.74, 6) is 1.85. The molecule has 3 aromatic heterocycles. The number of hydrogen-bond donors (Lipinski definition) is 1. The van der Waals surface area contributed by atoms with E-state index < -0.39 is 0 Å². The number of carbonyl (C=O) groups is 1. The molecule has 0 aliphatic heterocycles. The Morgan fingerprint density at radius 1 is 0.943 bits per heavy atom. The molecule has 35 heavy (non-hydrogen) atoms. The molecule has 2 aromatic carbocycles. The van der Waals surface area contributed by atoms with Crippen molar-refractivity contribution in [2.45, 2.75) is 13.3 Å². The largest absolute Gasteiger partial charge is 0.438 e. The molecule has 8 heteroatoms. The smallest absolute Gasteiger partial charge is 0.255 e. The van der Waals surface area contributed by atoms with E-state index in [0.717, 1.165) is 5.69 Å². The first-order valence-corrected chi connectivity index (χ1v) is 11.2. The zero-order valence-electron chi connectivity index (χ0n) is 19.0. The lowest BCUT2D eigenvalue weighted by molar-refractivity contribution is 0.102. The van der Waals surface area contributed by atoms with Crippen molar-refractivity contribution in [1.29, 1.82) is 0 Å². The number of benzene rings is 2. The number of hydrogen-bond acceptors (Lipinski definition) is 6. The van der Waals surface area contributed by atoms with Crippen molar-refractivity contribution in [2.24, 2.45) is 0 Å². The molecule has 0 radical (unpaired) electrons. The van der Waals surface area contributed by atoms with Crippen molar-refractivity contribution < 1.29 is 9.53 Å². The highest BCUT2D eigenvalue weighted by Crippen LogP contribution is 2.30. The first-order chi connectivity index (χ1) is 17.2. The minimum atomic E-state index is -0.216. The minimum Gasteiger partial charge on any atom is -0.438 e. The number of carbonyl (C=O) groups excluding carboxylic acids is 1. The predicted molar refractivity (Wildman–Crippen MR) is 133 cm³/mol. The average molecular weight is 463 g/mol. The monoisotopic (exact) mass is 462 g/mol. The molecule has 172 valence electrons. The first kappa shape index (κ1) is 22.0. The quantitative estimate of drug-likeness (QED) is 0.351. The highest BCUT2D eigenvalue weighted by Gasteiger charge is 2.13. The van der Waals surface area contributed by atoms with Gasteiger partial charge in [-0.05, 0) is 54.6 Å². The van der Waals surface area contributed by atoms with E-state index in [4.69, 9.17) is 4.74 Å². The average Bonchev–Trinajstić information content (AvgIpc) is 3.45. The van der Waals surface area contributed by atoms with E-state index in [-0.39, 0.29) is 5.91 Å². The van der Waals surface area contributed by atoms with Crippen LogP contribution in [0.5, 0.6) is 11.6 Å². The van der Waals surface area contributed by atoms with Gasteiger partial charge >= 0.3 is 0 Å². The van der Waals surface area contributed by atoms with Crippen LogP contribution in [-0.4, -0.2) is 30.4 Å². The van der Waals surface area contributed by atoms with E-state index in [1.54, 1.807) is 36.5 Å². The van der Waals surface area contributed by atoms with Crippen LogP contribution in [0.2, 0.25) is 0 Å². The molecular weight excluding hydrogens is 440 g/mol. The number of pyridine rings is 1. The first-order valence-electron chi connectivity index (χ1n) is 11.2. The van der Waals surface area contributed by atoms with E-state index in [9.17, 15) is 4.79 Å². The molecule has 0 aliphatic rings. The summed E-state index contributed by atoms with van der Waals surface area (Å²) in [5.41, 5.74) is 2.72. The summed E-state index contributed by atoms with van der Waals surface area (Å²) in [4.78, 5) is 30.2. The van der Waals surface area contributed by atoms with Crippen LogP contribution in [0.25, 0.3) is 17.1 Å². The third-order valence-corrected chi connectivity index (χ3v) is 5.27. The molecule has 0 aliphatic carbocycles. The molecule has 0 spiro atoms. The second-order valence-corrected chi connectivity index (χ2v) is 7.66. The van der Waals surface area contributed by atoms with Gasteiger partial charge in [0.05, 0.1) is 5.56 Å². The lowest BCUT2D eigenvalue weighted by Gasteiger charge is -2.11. The maximum atomic E-state index is 12.9. The van der Waals surface area contributed by atoms with Gasteiger partial charge in [-0.2, -0.15) is 0 Å². The summed E-state index contributed by atoms with van der Waals surface area (Å²) < 4.78 is 8.02. The fraction of sp³-hybridized carbons (Fsp3) is 0.0741. The number of rotatable bonds is 7. The fourth-order valence-electron chi connectivity index (χ4n) is 3.54. The van der Waals surface area contributed by atoms with Crippen LogP contribution < -0.4 is 10.1 Å². The van der Waals surface area contributed by atoms with Gasteiger partial charge in [-0.15, -0.1) is 0 Å². The van der Waals surface area contributed by atoms with Gasteiger partial charge in [0.15, 0.2) is 5.82 Å². The normalized spacial score (nSPS) is 10.7. The van der Waals surface area contributed by atoms with Crippen molar-refractivity contribution in [3.8, 4) is 28.7 Å². The van der Waals surface area contributed by atoms with Crippen molar-refractivity contribution in [1.82, 2.24) is 24.5 Å². The Morgan fingerprint density at radius 2 is 1.80 bits per heavy atom. The van der Waals surface area contributed by atoms with E-state index in [1.807, 2.05) is 66.3 Å². The molecule has 0 bridgehead atoms. The van der Waals surface area contributed by atoms with E-state index in [1.165, 1.54) is 6.33 Å². The zero-order valence-corrected chi connectivity index (χ0v) is 19.0. The lowest BCUT2D eigenvalue weighted by atomic mass is 10.1. The fourth-order valence-corrected chi connectivity index (χ4v) is 3.54. The number of nitrogens with one attached hydrogen (secondary N) is 1. The number of nitrogens with zero attached hydrogens (tertiary/aromatic N) is 5. The van der Waals surface area contributed by atoms with Gasteiger partial charge in [-0.25, -0.2) is 19.9 Å². The van der Waals surface area contributed by atoms with Crippen LogP contribution in [0.3, 0.4) is 0 Å². The van der Waals surface area contributed by atoms with Gasteiger partial charge in [-0.3, -0.25) is 4.79 Å². The van der Waals surface area contributed by atoms with Crippen molar-refractivity contribution in [3.05, 3.63) is 109 Å². The summed E-state index contributed by atoms with van der Waals surface area (Å²) in [6, 6.07) is 22.1. The van der Waals surface area contributed by atoms with Crippen LogP contribution in [0.1, 0.15) is 23.1 Å².